The quantitative estimate of drug-likeness (QED) is 0.338. The Morgan fingerprint density at radius 3 is 2.70 bits per heavy atom. The molecule has 0 aliphatic heterocycles. The molecule has 3 aliphatic rings. The van der Waals surface area contributed by atoms with Crippen LogP contribution in [0.2, 0.25) is 0 Å². The highest BCUT2D eigenvalue weighted by Crippen LogP contribution is 2.52. The summed E-state index contributed by atoms with van der Waals surface area (Å²) in [6, 6.07) is 0. The van der Waals surface area contributed by atoms with Crippen molar-refractivity contribution in [3.8, 4) is 11.8 Å². The predicted octanol–water partition coefficient (Wildman–Crippen LogP) is 7.37. The van der Waals surface area contributed by atoms with Gasteiger partial charge in [-0.1, -0.05) is 75.5 Å². The lowest BCUT2D eigenvalue weighted by atomic mass is 9.67. The Balaban J connectivity index is 0.00000385. The SMILES string of the molecule is C.CCC(O)(C#CCCC1=CC=C2/C(=C/C=C3/CCCC(OC(C)=O)C3)CCCC12C)CC. The van der Waals surface area contributed by atoms with Crippen LogP contribution in [0.3, 0.4) is 0 Å². The number of esters is 1. The fourth-order valence-corrected chi connectivity index (χ4v) is 5.39. The molecule has 0 bridgehead atoms. The standard InChI is InChI=1S/C29H40O3.CH4/c1-5-29(31,6-2)20-8-7-13-25-17-18-27-24(12-10-19-28(25,27)4)16-15-23-11-9-14-26(21-23)32-22(3)30;/h15-18,26,31H,5-7,9-14,19,21H2,1-4H3;1H4/b23-15-,24-16+;. The second kappa shape index (κ2) is 11.9. The Kier molecular flexibility index (Phi) is 9.80. The van der Waals surface area contributed by atoms with Gasteiger partial charge in [-0.15, -0.1) is 0 Å². The molecule has 0 amide bonds. The summed E-state index contributed by atoms with van der Waals surface area (Å²) in [5.41, 5.74) is 5.06. The lowest BCUT2D eigenvalue weighted by molar-refractivity contribution is -0.147. The highest BCUT2D eigenvalue weighted by Gasteiger charge is 2.39. The molecule has 33 heavy (non-hydrogen) atoms. The third kappa shape index (κ3) is 6.73. The van der Waals surface area contributed by atoms with Gasteiger partial charge in [0.05, 0.1) is 0 Å². The van der Waals surface area contributed by atoms with Gasteiger partial charge < -0.3 is 9.84 Å². The lowest BCUT2D eigenvalue weighted by Crippen LogP contribution is -2.25. The molecule has 2 unspecified atom stereocenters. The van der Waals surface area contributed by atoms with E-state index in [-0.39, 0.29) is 24.9 Å². The average molecular weight is 453 g/mol. The molecule has 3 aliphatic carbocycles. The topological polar surface area (TPSA) is 46.5 Å². The van der Waals surface area contributed by atoms with Gasteiger partial charge in [0.1, 0.15) is 11.7 Å². The molecule has 182 valence electrons. The van der Waals surface area contributed by atoms with Gasteiger partial charge in [0.2, 0.25) is 0 Å². The van der Waals surface area contributed by atoms with E-state index in [2.05, 4.69) is 43.1 Å². The summed E-state index contributed by atoms with van der Waals surface area (Å²) in [5.74, 6) is 6.16. The van der Waals surface area contributed by atoms with E-state index in [0.717, 1.165) is 44.9 Å². The summed E-state index contributed by atoms with van der Waals surface area (Å²) < 4.78 is 5.45. The van der Waals surface area contributed by atoms with E-state index in [1.54, 1.807) is 0 Å². The van der Waals surface area contributed by atoms with Crippen LogP contribution in [-0.4, -0.2) is 22.8 Å². The van der Waals surface area contributed by atoms with E-state index < -0.39 is 5.60 Å². The number of carbonyl (C=O) groups excluding carboxylic acids is 1. The van der Waals surface area contributed by atoms with Crippen molar-refractivity contribution in [1.82, 2.24) is 0 Å². The first-order valence-electron chi connectivity index (χ1n) is 12.5. The number of allylic oxidation sites excluding steroid dienone is 7. The van der Waals surface area contributed by atoms with Crippen LogP contribution in [0.25, 0.3) is 0 Å². The highest BCUT2D eigenvalue weighted by molar-refractivity contribution is 5.66. The molecule has 0 aromatic rings. The molecule has 3 rings (SSSR count). The van der Waals surface area contributed by atoms with Gasteiger partial charge >= 0.3 is 5.97 Å². The van der Waals surface area contributed by atoms with E-state index in [9.17, 15) is 9.90 Å². The molecule has 0 aromatic heterocycles. The van der Waals surface area contributed by atoms with E-state index in [0.29, 0.717) is 12.8 Å². The predicted molar refractivity (Wildman–Crippen MR) is 138 cm³/mol. The molecule has 0 spiro atoms. The van der Waals surface area contributed by atoms with E-state index in [1.807, 2.05) is 13.8 Å². The molecular formula is C30H44O3. The summed E-state index contributed by atoms with van der Waals surface area (Å²) >= 11 is 0. The van der Waals surface area contributed by atoms with Crippen LogP contribution < -0.4 is 0 Å². The zero-order valence-electron chi connectivity index (χ0n) is 20.4. The van der Waals surface area contributed by atoms with Crippen LogP contribution in [0.4, 0.5) is 0 Å². The maximum absolute atomic E-state index is 11.3. The fourth-order valence-electron chi connectivity index (χ4n) is 5.39. The molecular weight excluding hydrogens is 408 g/mol. The van der Waals surface area contributed by atoms with Crippen molar-refractivity contribution in [1.29, 1.82) is 0 Å². The Hall–Kier alpha value is -2.05. The first-order chi connectivity index (χ1) is 15.3. The van der Waals surface area contributed by atoms with E-state index >= 15 is 0 Å². The molecule has 0 radical (unpaired) electrons. The molecule has 3 heteroatoms. The zero-order chi connectivity index (χ0) is 23.2. The van der Waals surface area contributed by atoms with Crippen LogP contribution in [0, 0.1) is 17.3 Å². The monoisotopic (exact) mass is 452 g/mol. The number of hydrogen-bond donors (Lipinski definition) is 1. The third-order valence-electron chi connectivity index (χ3n) is 7.60. The fraction of sp³-hybridized carbons (Fsp3) is 0.633. The second-order valence-electron chi connectivity index (χ2n) is 9.84. The van der Waals surface area contributed by atoms with E-state index in [4.69, 9.17) is 4.74 Å². The van der Waals surface area contributed by atoms with Gasteiger partial charge in [0.25, 0.3) is 0 Å². The molecule has 3 nitrogen and oxygen atoms in total. The van der Waals surface area contributed by atoms with Gasteiger partial charge in [-0.2, -0.15) is 0 Å². The minimum atomic E-state index is -0.834. The minimum Gasteiger partial charge on any atom is -0.462 e. The van der Waals surface area contributed by atoms with Crippen molar-refractivity contribution in [2.75, 3.05) is 0 Å². The van der Waals surface area contributed by atoms with Gasteiger partial charge in [0, 0.05) is 25.2 Å². The number of fused-ring (bicyclic) bond motifs is 1. The summed E-state index contributed by atoms with van der Waals surface area (Å²) in [6.07, 6.45) is 19.9. The maximum Gasteiger partial charge on any atom is 0.302 e. The Morgan fingerprint density at radius 2 is 2.00 bits per heavy atom. The molecule has 2 fully saturated rings. The van der Waals surface area contributed by atoms with Crippen molar-refractivity contribution in [2.24, 2.45) is 5.41 Å². The van der Waals surface area contributed by atoms with Crippen LogP contribution in [0.15, 0.2) is 46.6 Å². The number of carbonyl (C=O) groups is 1. The Morgan fingerprint density at radius 1 is 1.24 bits per heavy atom. The van der Waals surface area contributed by atoms with Gasteiger partial charge in [0.15, 0.2) is 0 Å². The van der Waals surface area contributed by atoms with Gasteiger partial charge in [-0.25, -0.2) is 0 Å². The van der Waals surface area contributed by atoms with Crippen molar-refractivity contribution >= 4 is 5.97 Å². The maximum atomic E-state index is 11.3. The smallest absolute Gasteiger partial charge is 0.302 e. The zero-order valence-corrected chi connectivity index (χ0v) is 20.4. The summed E-state index contributed by atoms with van der Waals surface area (Å²) in [5, 5.41) is 10.4. The van der Waals surface area contributed by atoms with E-state index in [1.165, 1.54) is 42.1 Å². The lowest BCUT2D eigenvalue weighted by Gasteiger charge is -2.37. The molecule has 2 atom stereocenters. The highest BCUT2D eigenvalue weighted by atomic mass is 16.5. The normalized spacial score (nSPS) is 27.1. The molecule has 2 saturated carbocycles. The van der Waals surface area contributed by atoms with Gasteiger partial charge in [-0.05, 0) is 68.9 Å². The van der Waals surface area contributed by atoms with Crippen molar-refractivity contribution in [3.63, 3.8) is 0 Å². The van der Waals surface area contributed by atoms with Gasteiger partial charge in [-0.3, -0.25) is 4.79 Å². The van der Waals surface area contributed by atoms with Crippen LogP contribution >= 0.6 is 0 Å². The second-order valence-corrected chi connectivity index (χ2v) is 9.84. The number of ether oxygens (including phenoxy) is 1. The Bertz CT molecular complexity index is 885. The van der Waals surface area contributed by atoms with Crippen molar-refractivity contribution in [3.05, 3.63) is 46.6 Å². The minimum absolute atomic E-state index is 0. The summed E-state index contributed by atoms with van der Waals surface area (Å²) in [4.78, 5) is 11.3. The number of rotatable bonds is 6. The number of hydrogen-bond acceptors (Lipinski definition) is 3. The molecule has 0 heterocycles. The Labute approximate surface area is 202 Å². The van der Waals surface area contributed by atoms with Crippen LogP contribution in [-0.2, 0) is 9.53 Å². The van der Waals surface area contributed by atoms with Crippen molar-refractivity contribution < 1.29 is 14.6 Å². The molecule has 0 aromatic carbocycles. The third-order valence-corrected chi connectivity index (χ3v) is 7.60. The van der Waals surface area contributed by atoms with Crippen molar-refractivity contribution in [2.45, 2.75) is 117 Å². The largest absolute Gasteiger partial charge is 0.462 e. The van der Waals surface area contributed by atoms with Crippen LogP contribution in [0.5, 0.6) is 0 Å². The summed E-state index contributed by atoms with van der Waals surface area (Å²) in [6.45, 7) is 7.87. The first kappa shape index (κ1) is 27.2. The number of aliphatic hydroxyl groups is 1. The summed E-state index contributed by atoms with van der Waals surface area (Å²) in [7, 11) is 0. The van der Waals surface area contributed by atoms with Crippen LogP contribution in [0.1, 0.15) is 106 Å². The average Bonchev–Trinajstić information content (AvgIpc) is 3.11. The first-order valence-corrected chi connectivity index (χ1v) is 12.5. The molecule has 1 N–H and O–H groups in total. The molecule has 0 saturated heterocycles.